The molecule has 0 aliphatic rings. The molecule has 0 saturated carbocycles. The summed E-state index contributed by atoms with van der Waals surface area (Å²) >= 11 is 0. The van der Waals surface area contributed by atoms with E-state index in [9.17, 15) is 18.8 Å². The van der Waals surface area contributed by atoms with Crippen molar-refractivity contribution in [1.29, 1.82) is 0 Å². The molecule has 0 radical (unpaired) electrons. The first-order valence-electron chi connectivity index (χ1n) is 5.58. The van der Waals surface area contributed by atoms with Crippen LogP contribution in [0.3, 0.4) is 0 Å². The fourth-order valence-electron chi connectivity index (χ4n) is 1.41. The molecule has 1 aromatic rings. The molecule has 0 spiro atoms. The van der Waals surface area contributed by atoms with E-state index >= 15 is 0 Å². The molecule has 1 aromatic carbocycles. The lowest BCUT2D eigenvalue weighted by Crippen LogP contribution is -2.44. The van der Waals surface area contributed by atoms with Gasteiger partial charge in [0.25, 0.3) is 0 Å². The number of carbonyl (C=O) groups excluding carboxylic acids is 1. The normalized spacial score (nSPS) is 11.5. The molecule has 1 atom stereocenters. The largest absolute Gasteiger partial charge is 0.481 e. The van der Waals surface area contributed by atoms with Crippen LogP contribution in [-0.4, -0.2) is 34.2 Å². The summed E-state index contributed by atoms with van der Waals surface area (Å²) in [5.74, 6) is -3.54. The van der Waals surface area contributed by atoms with Crippen molar-refractivity contribution in [3.8, 4) is 0 Å². The number of amides is 2. The van der Waals surface area contributed by atoms with Gasteiger partial charge in [-0.05, 0) is 24.6 Å². The minimum Gasteiger partial charge on any atom is -0.481 e. The quantitative estimate of drug-likeness (QED) is 0.648. The fourth-order valence-corrected chi connectivity index (χ4v) is 1.41. The van der Waals surface area contributed by atoms with E-state index in [4.69, 9.17) is 10.2 Å². The summed E-state index contributed by atoms with van der Waals surface area (Å²) in [7, 11) is 0. The third-order valence-corrected chi connectivity index (χ3v) is 2.35. The van der Waals surface area contributed by atoms with Gasteiger partial charge in [-0.25, -0.2) is 14.0 Å². The summed E-state index contributed by atoms with van der Waals surface area (Å²) in [5.41, 5.74) is 0.523. The summed E-state index contributed by atoms with van der Waals surface area (Å²) in [6.45, 7) is 1.67. The van der Waals surface area contributed by atoms with Crippen LogP contribution in [0.1, 0.15) is 12.0 Å². The summed E-state index contributed by atoms with van der Waals surface area (Å²) in [6.07, 6.45) is -0.779. The Labute approximate surface area is 113 Å². The van der Waals surface area contributed by atoms with E-state index in [0.29, 0.717) is 5.56 Å². The first-order valence-corrected chi connectivity index (χ1v) is 5.58. The summed E-state index contributed by atoms with van der Waals surface area (Å²) in [4.78, 5) is 32.7. The molecule has 0 fully saturated rings. The molecule has 0 heterocycles. The Morgan fingerprint density at radius 2 is 1.95 bits per heavy atom. The van der Waals surface area contributed by atoms with Crippen molar-refractivity contribution in [2.45, 2.75) is 19.4 Å². The Bertz CT molecular complexity index is 547. The fraction of sp³-hybridized carbons (Fsp3) is 0.250. The molecule has 0 saturated heterocycles. The van der Waals surface area contributed by atoms with Crippen LogP contribution in [0.15, 0.2) is 18.2 Å². The molecule has 8 heteroatoms. The molecule has 0 unspecified atom stereocenters. The number of halogens is 1. The molecule has 0 aromatic heterocycles. The zero-order valence-electron chi connectivity index (χ0n) is 10.5. The number of nitrogens with one attached hydrogen (secondary N) is 2. The number of urea groups is 1. The lowest BCUT2D eigenvalue weighted by molar-refractivity contribution is -0.145. The second-order valence-corrected chi connectivity index (χ2v) is 4.07. The predicted molar refractivity (Wildman–Crippen MR) is 67.0 cm³/mol. The highest BCUT2D eigenvalue weighted by Gasteiger charge is 2.23. The van der Waals surface area contributed by atoms with Crippen molar-refractivity contribution in [1.82, 2.24) is 5.32 Å². The summed E-state index contributed by atoms with van der Waals surface area (Å²) in [6, 6.07) is 1.48. The van der Waals surface area contributed by atoms with Crippen molar-refractivity contribution < 1.29 is 29.0 Å². The van der Waals surface area contributed by atoms with E-state index in [-0.39, 0.29) is 5.69 Å². The maximum absolute atomic E-state index is 13.5. The Hall–Kier alpha value is -2.64. The Morgan fingerprint density at radius 3 is 2.45 bits per heavy atom. The highest BCUT2D eigenvalue weighted by molar-refractivity contribution is 5.93. The third-order valence-electron chi connectivity index (χ3n) is 2.35. The van der Waals surface area contributed by atoms with Crippen molar-refractivity contribution in [3.05, 3.63) is 29.6 Å². The van der Waals surface area contributed by atoms with Crippen LogP contribution in [0.5, 0.6) is 0 Å². The number of benzene rings is 1. The average molecular weight is 284 g/mol. The van der Waals surface area contributed by atoms with Crippen molar-refractivity contribution in [2.24, 2.45) is 0 Å². The predicted octanol–water partition coefficient (Wildman–Crippen LogP) is 1.18. The van der Waals surface area contributed by atoms with Gasteiger partial charge in [-0.1, -0.05) is 6.07 Å². The van der Waals surface area contributed by atoms with Gasteiger partial charge in [-0.15, -0.1) is 0 Å². The zero-order valence-corrected chi connectivity index (χ0v) is 10.5. The van der Waals surface area contributed by atoms with Gasteiger partial charge in [0.1, 0.15) is 11.9 Å². The van der Waals surface area contributed by atoms with Crippen LogP contribution < -0.4 is 10.6 Å². The molecule has 7 nitrogen and oxygen atoms in total. The van der Waals surface area contributed by atoms with Gasteiger partial charge in [-0.2, -0.15) is 0 Å². The van der Waals surface area contributed by atoms with E-state index < -0.39 is 36.2 Å². The summed E-state index contributed by atoms with van der Waals surface area (Å²) < 4.78 is 13.5. The molecule has 20 heavy (non-hydrogen) atoms. The second kappa shape index (κ2) is 6.50. The van der Waals surface area contributed by atoms with E-state index in [2.05, 4.69) is 5.32 Å². The number of aryl methyl sites for hydroxylation is 1. The molecule has 4 N–H and O–H groups in total. The smallest absolute Gasteiger partial charge is 0.326 e. The highest BCUT2D eigenvalue weighted by atomic mass is 19.1. The lowest BCUT2D eigenvalue weighted by Gasteiger charge is -2.13. The van der Waals surface area contributed by atoms with Gasteiger partial charge in [0.2, 0.25) is 0 Å². The van der Waals surface area contributed by atoms with Gasteiger partial charge in [0.15, 0.2) is 0 Å². The van der Waals surface area contributed by atoms with Gasteiger partial charge in [-0.3, -0.25) is 4.79 Å². The molecule has 1 rings (SSSR count). The molecule has 0 bridgehead atoms. The van der Waals surface area contributed by atoms with E-state index in [1.807, 2.05) is 5.32 Å². The van der Waals surface area contributed by atoms with Crippen molar-refractivity contribution in [2.75, 3.05) is 5.32 Å². The first kappa shape index (κ1) is 15.4. The molecule has 2 amide bonds. The summed E-state index contributed by atoms with van der Waals surface area (Å²) in [5, 5.41) is 21.3. The number of hydrogen-bond donors (Lipinski definition) is 4. The Kier molecular flexibility index (Phi) is 5.01. The van der Waals surface area contributed by atoms with Crippen LogP contribution in [0.2, 0.25) is 0 Å². The van der Waals surface area contributed by atoms with Gasteiger partial charge in [0.05, 0.1) is 12.1 Å². The standard InChI is InChI=1S/C12H13FN2O5/c1-6-2-3-8(7(13)4-6)14-12(20)15-9(11(18)19)5-10(16)17/h2-4,9H,5H2,1H3,(H,16,17)(H,18,19)(H2,14,15,20)/t9-/m1/s1. The first-order chi connectivity index (χ1) is 9.29. The van der Waals surface area contributed by atoms with E-state index in [1.165, 1.54) is 12.1 Å². The van der Waals surface area contributed by atoms with Crippen LogP contribution in [0, 0.1) is 12.7 Å². The topological polar surface area (TPSA) is 116 Å². The maximum Gasteiger partial charge on any atom is 0.326 e. The molecule has 0 aliphatic carbocycles. The number of aliphatic carboxylic acids is 2. The van der Waals surface area contributed by atoms with Crippen LogP contribution in [0.25, 0.3) is 0 Å². The average Bonchev–Trinajstić information content (AvgIpc) is 2.31. The minimum absolute atomic E-state index is 0.132. The maximum atomic E-state index is 13.5. The third kappa shape index (κ3) is 4.56. The zero-order chi connectivity index (χ0) is 15.3. The van der Waals surface area contributed by atoms with E-state index in [0.717, 1.165) is 0 Å². The van der Waals surface area contributed by atoms with E-state index in [1.54, 1.807) is 13.0 Å². The minimum atomic E-state index is -1.60. The SMILES string of the molecule is Cc1ccc(NC(=O)N[C@H](CC(=O)O)C(=O)O)c(F)c1. The number of hydrogen-bond acceptors (Lipinski definition) is 3. The number of rotatable bonds is 5. The lowest BCUT2D eigenvalue weighted by atomic mass is 10.2. The molecule has 108 valence electrons. The number of anilines is 1. The van der Waals surface area contributed by atoms with Crippen LogP contribution >= 0.6 is 0 Å². The number of carbonyl (C=O) groups is 3. The van der Waals surface area contributed by atoms with Gasteiger partial charge < -0.3 is 20.8 Å². The highest BCUT2D eigenvalue weighted by Crippen LogP contribution is 2.15. The molecular weight excluding hydrogens is 271 g/mol. The van der Waals surface area contributed by atoms with Crippen LogP contribution in [0.4, 0.5) is 14.9 Å². The van der Waals surface area contributed by atoms with Gasteiger partial charge >= 0.3 is 18.0 Å². The Morgan fingerprint density at radius 1 is 1.30 bits per heavy atom. The van der Waals surface area contributed by atoms with Crippen LogP contribution in [-0.2, 0) is 9.59 Å². The second-order valence-electron chi connectivity index (χ2n) is 4.07. The number of carboxylic acids is 2. The van der Waals surface area contributed by atoms with Gasteiger partial charge in [0, 0.05) is 0 Å². The molecule has 0 aliphatic heterocycles. The molecular formula is C12H13FN2O5. The Balaban J connectivity index is 2.70. The van der Waals surface area contributed by atoms with Crippen molar-refractivity contribution >= 4 is 23.7 Å². The number of carboxylic acid groups (broad SMARTS) is 2. The van der Waals surface area contributed by atoms with Crippen molar-refractivity contribution in [3.63, 3.8) is 0 Å². The monoisotopic (exact) mass is 284 g/mol.